The maximum Gasteiger partial charge on any atom is 0.423 e. The van der Waals surface area contributed by atoms with E-state index in [0.717, 1.165) is 6.92 Å². The normalized spacial score (nSPS) is 16.8. The van der Waals surface area contributed by atoms with E-state index in [4.69, 9.17) is 10.5 Å². The zero-order valence-corrected chi connectivity index (χ0v) is 10.9. The highest BCUT2D eigenvalue weighted by Gasteiger charge is 2.58. The van der Waals surface area contributed by atoms with Crippen LogP contribution in [0.1, 0.15) is 25.8 Å². The van der Waals surface area contributed by atoms with Crippen molar-refractivity contribution in [3.63, 3.8) is 0 Å². The number of ether oxygens (including phenoxy) is 1. The number of alkyl halides is 3. The zero-order chi connectivity index (χ0) is 14.7. The smallest absolute Gasteiger partial charge is 0.423 e. The Morgan fingerprint density at radius 1 is 1.32 bits per heavy atom. The molecule has 0 saturated heterocycles. The third-order valence-electron chi connectivity index (χ3n) is 2.85. The summed E-state index contributed by atoms with van der Waals surface area (Å²) in [6, 6.07) is 4.02. The van der Waals surface area contributed by atoms with Crippen LogP contribution in [0.5, 0.6) is 5.75 Å². The molecule has 0 radical (unpaired) electrons. The fourth-order valence-electron chi connectivity index (χ4n) is 1.78. The summed E-state index contributed by atoms with van der Waals surface area (Å²) in [6.45, 7) is 3.22. The zero-order valence-electron chi connectivity index (χ0n) is 10.9. The van der Waals surface area contributed by atoms with Crippen molar-refractivity contribution < 1.29 is 23.0 Å². The van der Waals surface area contributed by atoms with Crippen molar-refractivity contribution in [1.29, 1.82) is 0 Å². The molecule has 0 aliphatic rings. The van der Waals surface area contributed by atoms with Gasteiger partial charge >= 0.3 is 6.18 Å². The first kappa shape index (κ1) is 15.8. The first-order chi connectivity index (χ1) is 8.75. The van der Waals surface area contributed by atoms with Gasteiger partial charge in [-0.3, -0.25) is 0 Å². The first-order valence-electron chi connectivity index (χ1n) is 6.02. The Kier molecular flexibility index (Phi) is 4.81. The number of aliphatic hydroxyl groups is 1. The van der Waals surface area contributed by atoms with Crippen LogP contribution in [0.15, 0.2) is 24.3 Å². The number of benzene rings is 1. The quantitative estimate of drug-likeness (QED) is 0.869. The Balaban J connectivity index is 3.32. The van der Waals surface area contributed by atoms with Gasteiger partial charge in [-0.15, -0.1) is 0 Å². The SMILES string of the molecule is CCCOc1ccccc1C(O)(C(C)N)C(F)(F)F. The van der Waals surface area contributed by atoms with Crippen LogP contribution >= 0.6 is 0 Å². The van der Waals surface area contributed by atoms with Crippen molar-refractivity contribution in [3.05, 3.63) is 29.8 Å². The van der Waals surface area contributed by atoms with Crippen LogP contribution in [0.2, 0.25) is 0 Å². The average molecular weight is 277 g/mol. The Bertz CT molecular complexity index is 421. The molecule has 3 nitrogen and oxygen atoms in total. The summed E-state index contributed by atoms with van der Waals surface area (Å²) >= 11 is 0. The molecule has 0 aliphatic heterocycles. The van der Waals surface area contributed by atoms with Gasteiger partial charge in [0.25, 0.3) is 0 Å². The van der Waals surface area contributed by atoms with E-state index >= 15 is 0 Å². The van der Waals surface area contributed by atoms with Crippen LogP contribution in [-0.4, -0.2) is 23.9 Å². The predicted molar refractivity (Wildman–Crippen MR) is 65.8 cm³/mol. The van der Waals surface area contributed by atoms with Crippen molar-refractivity contribution in [3.8, 4) is 5.75 Å². The van der Waals surface area contributed by atoms with E-state index in [-0.39, 0.29) is 17.9 Å². The van der Waals surface area contributed by atoms with Crippen LogP contribution in [0.4, 0.5) is 13.2 Å². The van der Waals surface area contributed by atoms with Gasteiger partial charge in [-0.2, -0.15) is 13.2 Å². The lowest BCUT2D eigenvalue weighted by Crippen LogP contribution is -2.54. The van der Waals surface area contributed by atoms with Crippen molar-refractivity contribution in [1.82, 2.24) is 0 Å². The molecule has 0 heterocycles. The van der Waals surface area contributed by atoms with Gasteiger partial charge in [-0.25, -0.2) is 0 Å². The van der Waals surface area contributed by atoms with Crippen LogP contribution in [-0.2, 0) is 5.60 Å². The van der Waals surface area contributed by atoms with E-state index in [1.807, 2.05) is 6.92 Å². The van der Waals surface area contributed by atoms with Crippen LogP contribution < -0.4 is 10.5 Å². The van der Waals surface area contributed by atoms with Gasteiger partial charge in [0.2, 0.25) is 5.60 Å². The van der Waals surface area contributed by atoms with E-state index in [9.17, 15) is 18.3 Å². The van der Waals surface area contributed by atoms with Gasteiger partial charge in [0.15, 0.2) is 0 Å². The van der Waals surface area contributed by atoms with Crippen LogP contribution in [0.25, 0.3) is 0 Å². The number of rotatable bonds is 5. The topological polar surface area (TPSA) is 55.5 Å². The highest BCUT2D eigenvalue weighted by Crippen LogP contribution is 2.44. The molecule has 0 fully saturated rings. The molecule has 0 saturated carbocycles. The number of nitrogens with two attached hydrogens (primary N) is 1. The maximum absolute atomic E-state index is 13.2. The lowest BCUT2D eigenvalue weighted by Gasteiger charge is -2.35. The molecule has 0 aliphatic carbocycles. The van der Waals surface area contributed by atoms with Crippen molar-refractivity contribution >= 4 is 0 Å². The molecule has 1 rings (SSSR count). The van der Waals surface area contributed by atoms with Gasteiger partial charge in [-0.05, 0) is 19.4 Å². The molecule has 3 N–H and O–H groups in total. The summed E-state index contributed by atoms with van der Waals surface area (Å²) in [6.07, 6.45) is -4.23. The third-order valence-corrected chi connectivity index (χ3v) is 2.85. The molecule has 1 aromatic rings. The maximum atomic E-state index is 13.2. The second-order valence-corrected chi connectivity index (χ2v) is 4.40. The Morgan fingerprint density at radius 2 is 1.89 bits per heavy atom. The molecule has 6 heteroatoms. The lowest BCUT2D eigenvalue weighted by molar-refractivity contribution is -0.273. The van der Waals surface area contributed by atoms with E-state index in [1.165, 1.54) is 18.2 Å². The lowest BCUT2D eigenvalue weighted by atomic mass is 9.86. The minimum Gasteiger partial charge on any atom is -0.493 e. The van der Waals surface area contributed by atoms with Crippen LogP contribution in [0.3, 0.4) is 0 Å². The molecule has 19 heavy (non-hydrogen) atoms. The molecule has 0 bridgehead atoms. The van der Waals surface area contributed by atoms with E-state index in [1.54, 1.807) is 6.07 Å². The monoisotopic (exact) mass is 277 g/mol. The molecule has 2 unspecified atom stereocenters. The summed E-state index contributed by atoms with van der Waals surface area (Å²) in [5.74, 6) is 0.00137. The van der Waals surface area contributed by atoms with E-state index in [0.29, 0.717) is 6.42 Å². The van der Waals surface area contributed by atoms with Gasteiger partial charge in [0.1, 0.15) is 5.75 Å². The fourth-order valence-corrected chi connectivity index (χ4v) is 1.78. The van der Waals surface area contributed by atoms with Crippen LogP contribution in [0, 0.1) is 0 Å². The predicted octanol–water partition coefficient (Wildman–Crippen LogP) is 2.57. The summed E-state index contributed by atoms with van der Waals surface area (Å²) in [5, 5.41) is 10.0. The Labute approximate surface area is 110 Å². The summed E-state index contributed by atoms with van der Waals surface area (Å²) in [4.78, 5) is 0. The third kappa shape index (κ3) is 3.01. The number of halogens is 3. The molecule has 0 aromatic heterocycles. The number of para-hydroxylation sites is 1. The van der Waals surface area contributed by atoms with Crippen molar-refractivity contribution in [2.24, 2.45) is 5.73 Å². The van der Waals surface area contributed by atoms with Crippen molar-refractivity contribution in [2.75, 3.05) is 6.61 Å². The summed E-state index contributed by atoms with van der Waals surface area (Å²) in [5.41, 5.74) is 1.88. The highest BCUT2D eigenvalue weighted by atomic mass is 19.4. The van der Waals surface area contributed by atoms with Crippen molar-refractivity contribution in [2.45, 2.75) is 38.1 Å². The molecule has 0 spiro atoms. The second-order valence-electron chi connectivity index (χ2n) is 4.40. The minimum atomic E-state index is -4.88. The van der Waals surface area contributed by atoms with Gasteiger partial charge in [0.05, 0.1) is 6.61 Å². The summed E-state index contributed by atoms with van der Waals surface area (Å²) < 4.78 is 44.7. The molecule has 108 valence electrons. The van der Waals surface area contributed by atoms with Gasteiger partial charge in [-0.1, -0.05) is 25.1 Å². The largest absolute Gasteiger partial charge is 0.493 e. The summed E-state index contributed by atoms with van der Waals surface area (Å²) in [7, 11) is 0. The fraction of sp³-hybridized carbons (Fsp3) is 0.538. The van der Waals surface area contributed by atoms with E-state index in [2.05, 4.69) is 0 Å². The average Bonchev–Trinajstić information content (AvgIpc) is 2.34. The molecule has 0 amide bonds. The number of hydrogen-bond acceptors (Lipinski definition) is 3. The second kappa shape index (κ2) is 5.79. The minimum absolute atomic E-state index is 0.00137. The Morgan fingerprint density at radius 3 is 2.37 bits per heavy atom. The molecular formula is C13H18F3NO2. The van der Waals surface area contributed by atoms with Gasteiger partial charge in [0, 0.05) is 11.6 Å². The number of hydrogen-bond donors (Lipinski definition) is 2. The molecule has 1 aromatic carbocycles. The Hall–Kier alpha value is -1.27. The van der Waals surface area contributed by atoms with E-state index < -0.39 is 17.8 Å². The molecule has 2 atom stereocenters. The molecular weight excluding hydrogens is 259 g/mol. The van der Waals surface area contributed by atoms with Gasteiger partial charge < -0.3 is 15.6 Å². The highest BCUT2D eigenvalue weighted by molar-refractivity contribution is 5.40. The standard InChI is InChI=1S/C13H18F3NO2/c1-3-8-19-11-7-5-4-6-10(11)12(18,9(2)17)13(14,15)16/h4-7,9,18H,3,8,17H2,1-2H3. The first-order valence-corrected chi connectivity index (χ1v) is 6.02.